The van der Waals surface area contributed by atoms with E-state index in [4.69, 9.17) is 37.8 Å². The molecule has 1 aromatic heterocycles. The van der Waals surface area contributed by atoms with Crippen LogP contribution < -0.4 is 10.0 Å². The molecular weight excluding hydrogens is 622 g/mol. The van der Waals surface area contributed by atoms with Crippen LogP contribution >= 0.6 is 23.2 Å². The summed E-state index contributed by atoms with van der Waals surface area (Å²) in [4.78, 5) is 16.8. The third-order valence-corrected chi connectivity index (χ3v) is 7.09. The lowest BCUT2D eigenvalue weighted by Gasteiger charge is -2.11. The molecule has 1 saturated heterocycles. The zero-order valence-corrected chi connectivity index (χ0v) is 22.6. The molecule has 1 aliphatic heterocycles. The second kappa shape index (κ2) is 13.3. The number of rotatable bonds is 5. The fraction of sp³-hybridized carbons (Fsp3) is 0.208. The molecule has 0 saturated carbocycles. The molecule has 3 N–H and O–H groups in total. The first-order valence-electron chi connectivity index (χ1n) is 11.1. The molecule has 2 aromatic carbocycles. The van der Waals surface area contributed by atoms with Crippen molar-refractivity contribution in [3.63, 3.8) is 0 Å². The van der Waals surface area contributed by atoms with E-state index in [-0.39, 0.29) is 21.0 Å². The monoisotopic (exact) mass is 638 g/mol. The topological polar surface area (TPSA) is 131 Å². The second-order valence-electron chi connectivity index (χ2n) is 8.02. The highest BCUT2D eigenvalue weighted by molar-refractivity contribution is 7.92. The van der Waals surface area contributed by atoms with Crippen LogP contribution in [0.4, 0.5) is 33.6 Å². The summed E-state index contributed by atoms with van der Waals surface area (Å²) in [5.41, 5.74) is -0.817. The Hall–Kier alpha value is -3.71. The fourth-order valence-corrected chi connectivity index (χ4v) is 4.88. The number of aromatic nitrogens is 2. The van der Waals surface area contributed by atoms with Crippen molar-refractivity contribution in [3.8, 4) is 11.8 Å². The first-order valence-corrected chi connectivity index (χ1v) is 13.4. The number of hydrogen-bond donors (Lipinski definition) is 3. The maximum absolute atomic E-state index is 15.0. The van der Waals surface area contributed by atoms with Gasteiger partial charge in [-0.15, -0.1) is 0 Å². The Morgan fingerprint density at radius 3 is 2.34 bits per heavy atom. The van der Waals surface area contributed by atoms with Crippen LogP contribution in [0.15, 0.2) is 47.6 Å². The van der Waals surface area contributed by atoms with Gasteiger partial charge < -0.3 is 15.2 Å². The Morgan fingerprint density at radius 1 is 1.10 bits per heavy atom. The van der Waals surface area contributed by atoms with Crippen molar-refractivity contribution in [3.05, 3.63) is 75.5 Å². The summed E-state index contributed by atoms with van der Waals surface area (Å²) in [5, 5.41) is 10.2. The van der Waals surface area contributed by atoms with Gasteiger partial charge in [0.1, 0.15) is 10.7 Å². The average molecular weight is 639 g/mol. The largest absolute Gasteiger partial charge is 0.490 e. The van der Waals surface area contributed by atoms with E-state index in [0.717, 1.165) is 24.6 Å². The van der Waals surface area contributed by atoms with E-state index in [1.807, 2.05) is 0 Å². The summed E-state index contributed by atoms with van der Waals surface area (Å²) in [5.74, 6) is 0.430. The van der Waals surface area contributed by atoms with Crippen molar-refractivity contribution in [2.75, 3.05) is 23.3 Å². The van der Waals surface area contributed by atoms with Gasteiger partial charge in [-0.3, -0.25) is 4.72 Å². The number of carboxylic acids is 1. The minimum Gasteiger partial charge on any atom is -0.475 e. The zero-order valence-electron chi connectivity index (χ0n) is 20.3. The number of halogens is 7. The van der Waals surface area contributed by atoms with Crippen LogP contribution in [-0.4, -0.2) is 54.9 Å². The SMILES string of the molecule is O=C(O)C(F)(F)F.O=S(=O)(Nc1ccc(F)c(C#Cc2cnc(NC3CCOC3)nc2)c1F)c1cc(Cl)ccc1Cl. The van der Waals surface area contributed by atoms with Gasteiger partial charge in [0.05, 0.1) is 34.5 Å². The van der Waals surface area contributed by atoms with Crippen LogP contribution in [0.3, 0.4) is 0 Å². The first-order chi connectivity index (χ1) is 19.2. The third kappa shape index (κ3) is 8.89. The van der Waals surface area contributed by atoms with E-state index in [1.165, 1.54) is 24.5 Å². The minimum atomic E-state index is -5.08. The molecule has 1 fully saturated rings. The molecule has 0 radical (unpaired) electrons. The van der Waals surface area contributed by atoms with Gasteiger partial charge in [-0.25, -0.2) is 32.0 Å². The predicted molar refractivity (Wildman–Crippen MR) is 138 cm³/mol. The standard InChI is InChI=1S/C22H16Cl2F2N4O3S.C2HF3O2/c23-14-2-4-17(24)20(9-14)34(31,32)30-19-6-5-18(25)16(21(19)26)3-1-13-10-27-22(28-11-13)29-15-7-8-33-12-15;3-2(4,5)1(6)7/h2,4-6,9-11,15,30H,7-8,12H2,(H,27,28,29);(H,6,7). The first kappa shape index (κ1) is 31.8. The lowest BCUT2D eigenvalue weighted by Crippen LogP contribution is -2.21. The molecule has 2 heterocycles. The summed E-state index contributed by atoms with van der Waals surface area (Å²) in [7, 11) is -4.31. The van der Waals surface area contributed by atoms with Crippen LogP contribution in [0.2, 0.25) is 10.0 Å². The molecule has 0 spiro atoms. The van der Waals surface area contributed by atoms with Crippen molar-refractivity contribution < 1.29 is 45.0 Å². The molecule has 1 aliphatic rings. The van der Waals surface area contributed by atoms with E-state index in [0.29, 0.717) is 24.7 Å². The normalized spacial score (nSPS) is 14.8. The van der Waals surface area contributed by atoms with Gasteiger partial charge in [0, 0.05) is 24.0 Å². The average Bonchev–Trinajstić information content (AvgIpc) is 3.41. The maximum atomic E-state index is 15.0. The number of hydrogen-bond acceptors (Lipinski definition) is 7. The number of anilines is 2. The van der Waals surface area contributed by atoms with Crippen molar-refractivity contribution in [1.29, 1.82) is 0 Å². The summed E-state index contributed by atoms with van der Waals surface area (Å²) in [6.07, 6.45) is -1.43. The summed E-state index contributed by atoms with van der Waals surface area (Å²) >= 11 is 11.8. The third-order valence-electron chi connectivity index (χ3n) is 5.01. The fourth-order valence-electron chi connectivity index (χ4n) is 3.06. The Bertz CT molecular complexity index is 1590. The number of carboxylic acid groups (broad SMARTS) is 1. The molecule has 17 heteroatoms. The quantitative estimate of drug-likeness (QED) is 0.260. The lowest BCUT2D eigenvalue weighted by atomic mass is 10.1. The molecule has 0 amide bonds. The van der Waals surface area contributed by atoms with Gasteiger partial charge in [0.2, 0.25) is 5.95 Å². The zero-order chi connectivity index (χ0) is 30.4. The molecule has 41 heavy (non-hydrogen) atoms. The van der Waals surface area contributed by atoms with Crippen molar-refractivity contribution in [1.82, 2.24) is 9.97 Å². The van der Waals surface area contributed by atoms with E-state index in [1.54, 1.807) is 0 Å². The molecular formula is C24H17Cl2F5N4O5S. The van der Waals surface area contributed by atoms with Crippen molar-refractivity contribution in [2.24, 2.45) is 0 Å². The number of aliphatic carboxylic acids is 1. The highest BCUT2D eigenvalue weighted by atomic mass is 35.5. The van der Waals surface area contributed by atoms with Gasteiger partial charge in [-0.05, 0) is 36.8 Å². The van der Waals surface area contributed by atoms with Gasteiger partial charge in [-0.1, -0.05) is 35.0 Å². The van der Waals surface area contributed by atoms with Crippen molar-refractivity contribution in [2.45, 2.75) is 23.5 Å². The second-order valence-corrected chi connectivity index (χ2v) is 10.5. The Morgan fingerprint density at radius 2 is 1.76 bits per heavy atom. The number of nitrogens with one attached hydrogen (secondary N) is 2. The molecule has 1 unspecified atom stereocenters. The number of benzene rings is 2. The van der Waals surface area contributed by atoms with E-state index < -0.39 is 45.1 Å². The number of alkyl halides is 3. The Balaban J connectivity index is 0.000000587. The van der Waals surface area contributed by atoms with Crippen LogP contribution in [0.25, 0.3) is 0 Å². The van der Waals surface area contributed by atoms with Crippen LogP contribution in [0.1, 0.15) is 17.5 Å². The van der Waals surface area contributed by atoms with Gasteiger partial charge in [0.15, 0.2) is 5.82 Å². The summed E-state index contributed by atoms with van der Waals surface area (Å²) < 4.78 is 93.7. The number of nitrogens with zero attached hydrogens (tertiary/aromatic N) is 2. The van der Waals surface area contributed by atoms with E-state index in [9.17, 15) is 30.4 Å². The molecule has 3 aromatic rings. The molecule has 4 rings (SSSR count). The van der Waals surface area contributed by atoms with Crippen LogP contribution in [0.5, 0.6) is 0 Å². The smallest absolute Gasteiger partial charge is 0.475 e. The highest BCUT2D eigenvalue weighted by Crippen LogP contribution is 2.29. The molecule has 0 bridgehead atoms. The lowest BCUT2D eigenvalue weighted by molar-refractivity contribution is -0.192. The van der Waals surface area contributed by atoms with Gasteiger partial charge in [0.25, 0.3) is 10.0 Å². The van der Waals surface area contributed by atoms with Crippen LogP contribution in [-0.2, 0) is 19.6 Å². The van der Waals surface area contributed by atoms with Gasteiger partial charge >= 0.3 is 12.1 Å². The van der Waals surface area contributed by atoms with E-state index in [2.05, 4.69) is 31.8 Å². The maximum Gasteiger partial charge on any atom is 0.490 e. The molecule has 0 aliphatic carbocycles. The minimum absolute atomic E-state index is 0.113. The Labute approximate surface area is 239 Å². The predicted octanol–water partition coefficient (Wildman–Crippen LogP) is 5.10. The van der Waals surface area contributed by atoms with Crippen molar-refractivity contribution >= 4 is 50.8 Å². The van der Waals surface area contributed by atoms with E-state index >= 15 is 0 Å². The molecule has 1 atom stereocenters. The summed E-state index contributed by atoms with van der Waals surface area (Å²) in [6, 6.07) is 5.78. The number of carbonyl (C=O) groups is 1. The van der Waals surface area contributed by atoms with Crippen LogP contribution in [0, 0.1) is 23.5 Å². The van der Waals surface area contributed by atoms with Gasteiger partial charge in [-0.2, -0.15) is 13.2 Å². The number of sulfonamides is 1. The number of ether oxygens (including phenoxy) is 1. The molecule has 218 valence electrons. The molecule has 9 nitrogen and oxygen atoms in total. The summed E-state index contributed by atoms with van der Waals surface area (Å²) in [6.45, 7) is 1.23. The Kier molecular flexibility index (Phi) is 10.3. The highest BCUT2D eigenvalue weighted by Gasteiger charge is 2.38.